The highest BCUT2D eigenvalue weighted by atomic mass is 16.5. The third-order valence-corrected chi connectivity index (χ3v) is 3.22. The summed E-state index contributed by atoms with van der Waals surface area (Å²) in [7, 11) is 0. The third-order valence-electron chi connectivity index (χ3n) is 3.22. The average Bonchev–Trinajstić information content (AvgIpc) is 2.96. The Labute approximate surface area is 121 Å². The van der Waals surface area contributed by atoms with Crippen LogP contribution in [0, 0.1) is 0 Å². The fourth-order valence-electron chi connectivity index (χ4n) is 2.13. The molecule has 0 spiro atoms. The number of nitrogens with zero attached hydrogens (tertiary/aromatic N) is 1. The number of hydrogen-bond acceptors (Lipinski definition) is 3. The minimum atomic E-state index is -0.442. The highest BCUT2D eigenvalue weighted by Gasteiger charge is 2.08. The molecule has 3 rings (SSSR count). The summed E-state index contributed by atoms with van der Waals surface area (Å²) in [6.07, 6.45) is 3.69. The van der Waals surface area contributed by atoms with Crippen molar-refractivity contribution >= 4 is 23.2 Å². The van der Waals surface area contributed by atoms with Crippen molar-refractivity contribution in [2.45, 2.75) is 6.61 Å². The Kier molecular flexibility index (Phi) is 3.51. The van der Waals surface area contributed by atoms with Gasteiger partial charge in [0, 0.05) is 28.7 Å². The molecule has 0 amide bonds. The maximum atomic E-state index is 12.0. The van der Waals surface area contributed by atoms with Gasteiger partial charge in [0.15, 0.2) is 0 Å². The van der Waals surface area contributed by atoms with Gasteiger partial charge in [-0.3, -0.25) is 9.36 Å². The lowest BCUT2D eigenvalue weighted by Crippen LogP contribution is -2.11. The summed E-state index contributed by atoms with van der Waals surface area (Å²) >= 11 is 0. The van der Waals surface area contributed by atoms with Crippen molar-refractivity contribution in [1.82, 2.24) is 4.57 Å². The predicted molar refractivity (Wildman–Crippen MR) is 79.4 cm³/mol. The molecule has 21 heavy (non-hydrogen) atoms. The van der Waals surface area contributed by atoms with Crippen molar-refractivity contribution in [3.63, 3.8) is 0 Å². The lowest BCUT2D eigenvalue weighted by atomic mass is 10.1. The lowest BCUT2D eigenvalue weighted by molar-refractivity contribution is 0.112. The number of rotatable bonds is 3. The van der Waals surface area contributed by atoms with Crippen LogP contribution in [-0.4, -0.2) is 16.9 Å². The number of fused-ring (bicyclic) bond motifs is 1. The summed E-state index contributed by atoms with van der Waals surface area (Å²) in [5.74, 6) is 0. The van der Waals surface area contributed by atoms with Gasteiger partial charge < -0.3 is 4.74 Å². The summed E-state index contributed by atoms with van der Waals surface area (Å²) in [6.45, 7) is 0.230. The van der Waals surface area contributed by atoms with E-state index in [1.807, 2.05) is 30.3 Å². The number of aromatic nitrogens is 1. The molecule has 3 aromatic rings. The quantitative estimate of drug-likeness (QED) is 0.688. The first-order chi connectivity index (χ1) is 10.3. The normalized spacial score (nSPS) is 10.5. The maximum absolute atomic E-state index is 12.0. The van der Waals surface area contributed by atoms with Crippen molar-refractivity contribution < 1.29 is 14.3 Å². The molecular formula is C17H13NO3. The van der Waals surface area contributed by atoms with Crippen LogP contribution in [0.15, 0.2) is 60.9 Å². The van der Waals surface area contributed by atoms with Gasteiger partial charge in [0.05, 0.1) is 0 Å². The SMILES string of the molecule is O=Cc1ccc2cn(C(=O)OCc3ccccc3)cc2c1. The average molecular weight is 279 g/mol. The fraction of sp³-hybridized carbons (Fsp3) is 0.0588. The van der Waals surface area contributed by atoms with Crippen LogP contribution in [0.25, 0.3) is 10.8 Å². The number of aldehydes is 1. The molecule has 0 bridgehead atoms. The first-order valence-electron chi connectivity index (χ1n) is 6.54. The molecule has 0 N–H and O–H groups in total. The number of hydrogen-bond donors (Lipinski definition) is 0. The van der Waals surface area contributed by atoms with E-state index in [-0.39, 0.29) is 6.61 Å². The van der Waals surface area contributed by atoms with E-state index < -0.39 is 6.09 Å². The third kappa shape index (κ3) is 2.84. The van der Waals surface area contributed by atoms with Crippen molar-refractivity contribution in [3.8, 4) is 0 Å². The highest BCUT2D eigenvalue weighted by Crippen LogP contribution is 2.17. The van der Waals surface area contributed by atoms with Crippen molar-refractivity contribution in [2.75, 3.05) is 0 Å². The Morgan fingerprint density at radius 1 is 1.05 bits per heavy atom. The van der Waals surface area contributed by atoms with Crippen LogP contribution < -0.4 is 0 Å². The largest absolute Gasteiger partial charge is 0.444 e. The van der Waals surface area contributed by atoms with E-state index in [2.05, 4.69) is 0 Å². The molecule has 0 aliphatic heterocycles. The predicted octanol–water partition coefficient (Wildman–Crippen LogP) is 3.64. The van der Waals surface area contributed by atoms with Gasteiger partial charge in [0.2, 0.25) is 0 Å². The van der Waals surface area contributed by atoms with E-state index in [0.717, 1.165) is 22.6 Å². The molecule has 2 aromatic carbocycles. The van der Waals surface area contributed by atoms with Gasteiger partial charge in [-0.25, -0.2) is 4.79 Å². The molecule has 0 aliphatic rings. The minimum absolute atomic E-state index is 0.230. The van der Waals surface area contributed by atoms with Crippen LogP contribution in [0.4, 0.5) is 4.79 Å². The monoisotopic (exact) mass is 279 g/mol. The molecule has 104 valence electrons. The summed E-state index contributed by atoms with van der Waals surface area (Å²) in [5.41, 5.74) is 1.52. The van der Waals surface area contributed by atoms with Crippen LogP contribution in [0.3, 0.4) is 0 Å². The minimum Gasteiger partial charge on any atom is -0.444 e. The molecule has 0 fully saturated rings. The van der Waals surface area contributed by atoms with Crippen LogP contribution in [0.5, 0.6) is 0 Å². The molecular weight excluding hydrogens is 266 g/mol. The van der Waals surface area contributed by atoms with Crippen LogP contribution >= 0.6 is 0 Å². The Hall–Kier alpha value is -2.88. The lowest BCUT2D eigenvalue weighted by Gasteiger charge is -2.04. The first kappa shape index (κ1) is 13.1. The van der Waals surface area contributed by atoms with Gasteiger partial charge in [-0.2, -0.15) is 0 Å². The van der Waals surface area contributed by atoms with Crippen molar-refractivity contribution in [2.24, 2.45) is 0 Å². The van der Waals surface area contributed by atoms with E-state index in [1.54, 1.807) is 30.6 Å². The van der Waals surface area contributed by atoms with Crippen molar-refractivity contribution in [3.05, 3.63) is 72.1 Å². The topological polar surface area (TPSA) is 48.3 Å². The molecule has 0 saturated heterocycles. The number of carbonyl (C=O) groups excluding carboxylic acids is 2. The summed E-state index contributed by atoms with van der Waals surface area (Å²) in [6, 6.07) is 14.8. The fourth-order valence-corrected chi connectivity index (χ4v) is 2.13. The highest BCUT2D eigenvalue weighted by molar-refractivity contribution is 5.91. The number of carbonyl (C=O) groups is 2. The van der Waals surface area contributed by atoms with Crippen molar-refractivity contribution in [1.29, 1.82) is 0 Å². The molecule has 0 radical (unpaired) electrons. The zero-order valence-corrected chi connectivity index (χ0v) is 11.2. The smallest absolute Gasteiger partial charge is 0.418 e. The Morgan fingerprint density at radius 2 is 1.81 bits per heavy atom. The van der Waals surface area contributed by atoms with Gasteiger partial charge in [0.1, 0.15) is 12.9 Å². The van der Waals surface area contributed by atoms with Crippen LogP contribution in [-0.2, 0) is 11.3 Å². The van der Waals surface area contributed by atoms with Gasteiger partial charge in [-0.05, 0) is 11.6 Å². The van der Waals surface area contributed by atoms with Crippen LogP contribution in [0.2, 0.25) is 0 Å². The van der Waals surface area contributed by atoms with E-state index in [0.29, 0.717) is 5.56 Å². The summed E-state index contributed by atoms with van der Waals surface area (Å²) in [4.78, 5) is 22.8. The van der Waals surface area contributed by atoms with E-state index in [4.69, 9.17) is 4.74 Å². The molecule has 0 aliphatic carbocycles. The zero-order valence-electron chi connectivity index (χ0n) is 11.2. The molecule has 1 aromatic heterocycles. The Morgan fingerprint density at radius 3 is 2.57 bits per heavy atom. The second kappa shape index (κ2) is 5.63. The van der Waals surface area contributed by atoms with Gasteiger partial charge >= 0.3 is 6.09 Å². The maximum Gasteiger partial charge on any atom is 0.418 e. The Balaban J connectivity index is 1.76. The standard InChI is InChI=1S/C17H13NO3/c19-11-14-6-7-15-9-18(10-16(15)8-14)17(20)21-12-13-4-2-1-3-5-13/h1-11H,12H2. The summed E-state index contributed by atoms with van der Waals surface area (Å²) < 4.78 is 6.65. The van der Waals surface area contributed by atoms with E-state index in [1.165, 1.54) is 4.57 Å². The second-order valence-electron chi connectivity index (χ2n) is 4.71. The number of benzene rings is 2. The molecule has 4 heteroatoms. The molecule has 1 heterocycles. The second-order valence-corrected chi connectivity index (χ2v) is 4.71. The van der Waals surface area contributed by atoms with Gasteiger partial charge in [0.25, 0.3) is 0 Å². The molecule has 0 unspecified atom stereocenters. The molecule has 4 nitrogen and oxygen atoms in total. The van der Waals surface area contributed by atoms with E-state index >= 15 is 0 Å². The summed E-state index contributed by atoms with van der Waals surface area (Å²) in [5, 5.41) is 1.72. The molecule has 0 atom stereocenters. The molecule has 0 saturated carbocycles. The van der Waals surface area contributed by atoms with Crippen LogP contribution in [0.1, 0.15) is 15.9 Å². The first-order valence-corrected chi connectivity index (χ1v) is 6.54. The number of ether oxygens (including phenoxy) is 1. The van der Waals surface area contributed by atoms with E-state index in [9.17, 15) is 9.59 Å². The Bertz CT molecular complexity index is 790. The van der Waals surface area contributed by atoms with Gasteiger partial charge in [-0.1, -0.05) is 42.5 Å². The zero-order chi connectivity index (χ0) is 14.7. The van der Waals surface area contributed by atoms with Gasteiger partial charge in [-0.15, -0.1) is 0 Å².